The van der Waals surface area contributed by atoms with Gasteiger partial charge in [-0.05, 0) is 30.9 Å². The highest BCUT2D eigenvalue weighted by molar-refractivity contribution is 5.86. The molecule has 1 aromatic carbocycles. The summed E-state index contributed by atoms with van der Waals surface area (Å²) in [6, 6.07) is 5.84. The van der Waals surface area contributed by atoms with Crippen LogP contribution < -0.4 is 15.8 Å². The van der Waals surface area contributed by atoms with Gasteiger partial charge in [-0.1, -0.05) is 18.2 Å². The summed E-state index contributed by atoms with van der Waals surface area (Å²) >= 11 is 0. The normalized spacial score (nSPS) is 16.8. The van der Waals surface area contributed by atoms with Crippen LogP contribution in [0.1, 0.15) is 18.4 Å². The van der Waals surface area contributed by atoms with Crippen LogP contribution in [0.2, 0.25) is 0 Å². The van der Waals surface area contributed by atoms with Crippen LogP contribution in [-0.4, -0.2) is 37.6 Å². The topological polar surface area (TPSA) is 73.6 Å². The smallest absolute Gasteiger partial charge is 0.406 e. The van der Waals surface area contributed by atoms with Crippen LogP contribution in [-0.2, 0) is 16.0 Å². The lowest BCUT2D eigenvalue weighted by molar-refractivity contribution is -0.274. The molecule has 1 fully saturated rings. The molecule has 1 saturated heterocycles. The van der Waals surface area contributed by atoms with Crippen molar-refractivity contribution < 1.29 is 27.4 Å². The van der Waals surface area contributed by atoms with Crippen molar-refractivity contribution in [3.05, 3.63) is 29.8 Å². The van der Waals surface area contributed by atoms with Crippen molar-refractivity contribution in [1.82, 2.24) is 5.32 Å². The molecule has 0 radical (unpaired) electrons. The molecule has 1 heterocycles. The van der Waals surface area contributed by atoms with Crippen molar-refractivity contribution in [2.75, 3.05) is 19.8 Å². The lowest BCUT2D eigenvalue weighted by Gasteiger charge is -2.31. The maximum atomic E-state index is 12.3. The molecule has 1 aliphatic heterocycles. The van der Waals surface area contributed by atoms with E-state index in [9.17, 15) is 18.0 Å². The number of para-hydroxylation sites is 1. The van der Waals surface area contributed by atoms with E-state index in [0.717, 1.165) is 0 Å². The molecule has 0 bridgehead atoms. The summed E-state index contributed by atoms with van der Waals surface area (Å²) in [6.45, 7) is 1.02. The van der Waals surface area contributed by atoms with Crippen molar-refractivity contribution in [2.24, 2.45) is 5.73 Å². The van der Waals surface area contributed by atoms with Gasteiger partial charge in [0.25, 0.3) is 0 Å². The maximum Gasteiger partial charge on any atom is 0.573 e. The zero-order valence-corrected chi connectivity index (χ0v) is 13.7. The van der Waals surface area contributed by atoms with Crippen LogP contribution in [0.5, 0.6) is 5.75 Å². The molecule has 0 spiro atoms. The fourth-order valence-electron chi connectivity index (χ4n) is 2.38. The molecule has 0 atom stereocenters. The number of alkyl halides is 3. The third-order valence-electron chi connectivity index (χ3n) is 3.72. The van der Waals surface area contributed by atoms with Crippen molar-refractivity contribution in [3.63, 3.8) is 0 Å². The summed E-state index contributed by atoms with van der Waals surface area (Å²) in [6.07, 6.45) is -3.69. The molecule has 1 aliphatic rings. The summed E-state index contributed by atoms with van der Waals surface area (Å²) in [4.78, 5) is 12.1. The van der Waals surface area contributed by atoms with E-state index >= 15 is 0 Å². The van der Waals surface area contributed by atoms with Gasteiger partial charge >= 0.3 is 6.36 Å². The Morgan fingerprint density at radius 2 is 1.92 bits per heavy atom. The Bertz CT molecular complexity index is 549. The summed E-state index contributed by atoms with van der Waals surface area (Å²) in [5.74, 6) is -0.571. The van der Waals surface area contributed by atoms with E-state index in [4.69, 9.17) is 10.5 Å². The molecule has 136 valence electrons. The van der Waals surface area contributed by atoms with Crippen molar-refractivity contribution in [1.29, 1.82) is 0 Å². The van der Waals surface area contributed by atoms with E-state index < -0.39 is 11.9 Å². The Morgan fingerprint density at radius 1 is 1.29 bits per heavy atom. The first-order valence-electron chi connectivity index (χ1n) is 7.29. The minimum atomic E-state index is -4.75. The number of nitrogens with one attached hydrogen (secondary N) is 1. The van der Waals surface area contributed by atoms with Gasteiger partial charge in [-0.3, -0.25) is 4.79 Å². The second-order valence-corrected chi connectivity index (χ2v) is 5.43. The van der Waals surface area contributed by atoms with Crippen molar-refractivity contribution >= 4 is 18.3 Å². The third-order valence-corrected chi connectivity index (χ3v) is 3.72. The van der Waals surface area contributed by atoms with Crippen molar-refractivity contribution in [3.8, 4) is 5.75 Å². The number of carbonyl (C=O) groups is 1. The van der Waals surface area contributed by atoms with Gasteiger partial charge in [-0.15, -0.1) is 25.6 Å². The van der Waals surface area contributed by atoms with Crippen LogP contribution in [0.3, 0.4) is 0 Å². The first kappa shape index (κ1) is 20.5. The van der Waals surface area contributed by atoms with Crippen molar-refractivity contribution in [2.45, 2.75) is 31.2 Å². The number of amides is 1. The lowest BCUT2D eigenvalue weighted by Crippen LogP contribution is -2.57. The van der Waals surface area contributed by atoms with Crippen LogP contribution in [0, 0.1) is 0 Å². The zero-order chi connectivity index (χ0) is 16.9. The van der Waals surface area contributed by atoms with Crippen LogP contribution >= 0.6 is 12.4 Å². The standard InChI is InChI=1S/C15H19F3N2O3.ClH/c16-15(17,18)23-12-4-2-1-3-11(12)5-8-20-13(21)14(19)6-9-22-10-7-14;/h1-4H,5-10,19H2,(H,20,21);1H. The maximum absolute atomic E-state index is 12.3. The number of rotatable bonds is 5. The van der Waals surface area contributed by atoms with Gasteiger partial charge < -0.3 is 20.5 Å². The number of hydrogen-bond donors (Lipinski definition) is 2. The van der Waals surface area contributed by atoms with Crippen LogP contribution in [0.15, 0.2) is 24.3 Å². The van der Waals surface area contributed by atoms with Gasteiger partial charge in [0, 0.05) is 19.8 Å². The number of halogens is 4. The summed E-state index contributed by atoms with van der Waals surface area (Å²) in [7, 11) is 0. The fraction of sp³-hybridized carbons (Fsp3) is 0.533. The number of nitrogens with two attached hydrogens (primary N) is 1. The average Bonchev–Trinajstić information content (AvgIpc) is 2.48. The second-order valence-electron chi connectivity index (χ2n) is 5.43. The van der Waals surface area contributed by atoms with Gasteiger partial charge in [0.15, 0.2) is 0 Å². The predicted octanol–water partition coefficient (Wildman–Crippen LogP) is 2.17. The molecular formula is C15H20ClF3N2O3. The molecule has 1 amide bonds. The Balaban J connectivity index is 0.00000288. The Kier molecular flexibility index (Phi) is 7.31. The largest absolute Gasteiger partial charge is 0.573 e. The number of hydrogen-bond acceptors (Lipinski definition) is 4. The molecule has 9 heteroatoms. The fourth-order valence-corrected chi connectivity index (χ4v) is 2.38. The van der Waals surface area contributed by atoms with E-state index in [2.05, 4.69) is 10.1 Å². The first-order valence-corrected chi connectivity index (χ1v) is 7.29. The third kappa shape index (κ3) is 5.85. The van der Waals surface area contributed by atoms with Gasteiger partial charge in [0.05, 0.1) is 5.54 Å². The zero-order valence-electron chi connectivity index (χ0n) is 12.9. The Hall–Kier alpha value is -1.51. The molecule has 2 rings (SSSR count). The monoisotopic (exact) mass is 368 g/mol. The van der Waals surface area contributed by atoms with E-state index in [-0.39, 0.29) is 37.0 Å². The van der Waals surface area contributed by atoms with Crippen LogP contribution in [0.25, 0.3) is 0 Å². The highest BCUT2D eigenvalue weighted by Crippen LogP contribution is 2.26. The second kappa shape index (κ2) is 8.55. The Morgan fingerprint density at radius 3 is 2.54 bits per heavy atom. The van der Waals surface area contributed by atoms with Gasteiger partial charge in [-0.25, -0.2) is 0 Å². The minimum absolute atomic E-state index is 0. The molecular weight excluding hydrogens is 349 g/mol. The SMILES string of the molecule is Cl.NC1(C(=O)NCCc2ccccc2OC(F)(F)F)CCOCC1. The van der Waals surface area contributed by atoms with Gasteiger partial charge in [0.1, 0.15) is 5.75 Å². The Labute approximate surface area is 144 Å². The van der Waals surface area contributed by atoms with Gasteiger partial charge in [-0.2, -0.15) is 0 Å². The highest BCUT2D eigenvalue weighted by Gasteiger charge is 2.35. The predicted molar refractivity (Wildman–Crippen MR) is 84.1 cm³/mol. The quantitative estimate of drug-likeness (QED) is 0.835. The molecule has 1 aromatic rings. The first-order chi connectivity index (χ1) is 10.8. The average molecular weight is 369 g/mol. The van der Waals surface area contributed by atoms with E-state index in [1.165, 1.54) is 18.2 Å². The number of carbonyl (C=O) groups excluding carboxylic acids is 1. The lowest BCUT2D eigenvalue weighted by atomic mass is 9.90. The highest BCUT2D eigenvalue weighted by atomic mass is 35.5. The molecule has 24 heavy (non-hydrogen) atoms. The van der Waals surface area contributed by atoms with E-state index in [1.807, 2.05) is 0 Å². The summed E-state index contributed by atoms with van der Waals surface area (Å²) in [5, 5.41) is 2.68. The molecule has 0 aliphatic carbocycles. The minimum Gasteiger partial charge on any atom is -0.406 e. The summed E-state index contributed by atoms with van der Waals surface area (Å²) in [5.41, 5.74) is 5.42. The van der Waals surface area contributed by atoms with Crippen LogP contribution in [0.4, 0.5) is 13.2 Å². The molecule has 0 aromatic heterocycles. The molecule has 0 unspecified atom stereocenters. The van der Waals surface area contributed by atoms with E-state index in [0.29, 0.717) is 31.6 Å². The number of benzene rings is 1. The molecule has 3 N–H and O–H groups in total. The van der Waals surface area contributed by atoms with Gasteiger partial charge in [0.2, 0.25) is 5.91 Å². The van der Waals surface area contributed by atoms with E-state index in [1.54, 1.807) is 6.07 Å². The number of ether oxygens (including phenoxy) is 2. The molecule has 0 saturated carbocycles. The summed E-state index contributed by atoms with van der Waals surface area (Å²) < 4.78 is 46.2. The molecule has 5 nitrogen and oxygen atoms in total.